The lowest BCUT2D eigenvalue weighted by molar-refractivity contribution is -0.144. The van der Waals surface area contributed by atoms with Gasteiger partial charge in [-0.25, -0.2) is 4.68 Å². The summed E-state index contributed by atoms with van der Waals surface area (Å²) in [7, 11) is 1.52. The van der Waals surface area contributed by atoms with Gasteiger partial charge in [-0.05, 0) is 17.5 Å². The molecule has 0 aliphatic carbocycles. The van der Waals surface area contributed by atoms with Crippen LogP contribution >= 0.6 is 11.6 Å². The molecule has 2 aromatic rings. The Morgan fingerprint density at radius 3 is 2.69 bits per heavy atom. The number of rotatable bonds is 4. The Labute approximate surface area is 174 Å². The Morgan fingerprint density at radius 2 is 2.07 bits per heavy atom. The lowest BCUT2D eigenvalue weighted by atomic mass is 9.85. The third-order valence-electron chi connectivity index (χ3n) is 5.06. The van der Waals surface area contributed by atoms with Gasteiger partial charge in [-0.1, -0.05) is 49.7 Å². The van der Waals surface area contributed by atoms with Crippen molar-refractivity contribution in [2.75, 3.05) is 13.6 Å². The molecule has 1 aromatic carbocycles. The Bertz CT molecular complexity index is 908. The molecule has 0 bridgehead atoms. The zero-order chi connectivity index (χ0) is 21.3. The first-order chi connectivity index (χ1) is 13.6. The van der Waals surface area contributed by atoms with E-state index < -0.39 is 23.6 Å². The maximum absolute atomic E-state index is 13.5. The van der Waals surface area contributed by atoms with Crippen LogP contribution in [0.5, 0.6) is 0 Å². The molecular weight excluding hydrogens is 394 g/mol. The maximum atomic E-state index is 13.5. The Kier molecular flexibility index (Phi) is 5.95. The second-order valence-electron chi connectivity index (χ2n) is 8.37. The van der Waals surface area contributed by atoms with Crippen LogP contribution < -0.4 is 5.32 Å². The van der Waals surface area contributed by atoms with E-state index in [4.69, 9.17) is 11.6 Å². The van der Waals surface area contributed by atoms with E-state index in [2.05, 4.69) is 15.6 Å². The topological polar surface area (TPSA) is 100 Å². The number of likely N-dealkylation sites (N-methyl/N-ethyl adjacent to an activating group) is 1. The first-order valence-corrected chi connectivity index (χ1v) is 9.87. The third kappa shape index (κ3) is 4.43. The minimum Gasteiger partial charge on any atom is -0.391 e. The van der Waals surface area contributed by atoms with Crippen LogP contribution in [-0.2, 0) is 9.59 Å². The van der Waals surface area contributed by atoms with Gasteiger partial charge in [0.1, 0.15) is 17.8 Å². The molecule has 0 unspecified atom stereocenters. The third-order valence-corrected chi connectivity index (χ3v) is 5.30. The number of carbonyl (C=O) groups excluding carboxylic acids is 2. The number of hydrogen-bond donors (Lipinski definition) is 2. The highest BCUT2D eigenvalue weighted by Crippen LogP contribution is 2.35. The molecule has 29 heavy (non-hydrogen) atoms. The van der Waals surface area contributed by atoms with Crippen molar-refractivity contribution < 1.29 is 14.7 Å². The zero-order valence-electron chi connectivity index (χ0n) is 17.0. The average molecular weight is 420 g/mol. The summed E-state index contributed by atoms with van der Waals surface area (Å²) >= 11 is 6.07. The Morgan fingerprint density at radius 1 is 1.34 bits per heavy atom. The molecule has 1 fully saturated rings. The van der Waals surface area contributed by atoms with Crippen LogP contribution in [0.3, 0.4) is 0 Å². The molecule has 1 aliphatic rings. The number of likely N-dealkylation sites (tertiary alicyclic amines) is 1. The van der Waals surface area contributed by atoms with Crippen LogP contribution in [0.2, 0.25) is 5.02 Å². The molecule has 0 saturated carbocycles. The second kappa shape index (κ2) is 8.12. The van der Waals surface area contributed by atoms with Crippen LogP contribution in [0.4, 0.5) is 0 Å². The molecule has 2 N–H and O–H groups in total. The van der Waals surface area contributed by atoms with Crippen LogP contribution in [0.25, 0.3) is 11.3 Å². The molecule has 2 amide bonds. The van der Waals surface area contributed by atoms with E-state index in [1.54, 1.807) is 18.3 Å². The van der Waals surface area contributed by atoms with Gasteiger partial charge in [0, 0.05) is 30.6 Å². The quantitative estimate of drug-likeness (QED) is 0.788. The zero-order valence-corrected chi connectivity index (χ0v) is 17.7. The molecule has 1 saturated heterocycles. The first-order valence-electron chi connectivity index (χ1n) is 9.49. The minimum absolute atomic E-state index is 0.110. The molecule has 3 atom stereocenters. The summed E-state index contributed by atoms with van der Waals surface area (Å²) in [5, 5.41) is 21.6. The molecule has 8 nitrogen and oxygen atoms in total. The van der Waals surface area contributed by atoms with Gasteiger partial charge in [-0.3, -0.25) is 9.59 Å². The van der Waals surface area contributed by atoms with Gasteiger partial charge in [0.05, 0.1) is 12.3 Å². The Balaban J connectivity index is 1.95. The van der Waals surface area contributed by atoms with Gasteiger partial charge in [-0.2, -0.15) is 0 Å². The fourth-order valence-electron chi connectivity index (χ4n) is 3.69. The molecule has 3 rings (SSSR count). The highest BCUT2D eigenvalue weighted by molar-refractivity contribution is 6.30. The summed E-state index contributed by atoms with van der Waals surface area (Å²) in [5.41, 5.74) is 0.888. The highest BCUT2D eigenvalue weighted by atomic mass is 35.5. The number of amides is 2. The summed E-state index contributed by atoms with van der Waals surface area (Å²) in [6, 6.07) is 5.84. The second-order valence-corrected chi connectivity index (χ2v) is 8.81. The minimum atomic E-state index is -0.736. The molecule has 9 heteroatoms. The van der Waals surface area contributed by atoms with Crippen molar-refractivity contribution >= 4 is 23.4 Å². The van der Waals surface area contributed by atoms with E-state index in [1.165, 1.54) is 16.6 Å². The highest BCUT2D eigenvalue weighted by Gasteiger charge is 2.45. The molecule has 156 valence electrons. The van der Waals surface area contributed by atoms with Gasteiger partial charge < -0.3 is 15.3 Å². The molecular formula is C20H26ClN5O3. The van der Waals surface area contributed by atoms with Crippen molar-refractivity contribution in [2.45, 2.75) is 45.4 Å². The van der Waals surface area contributed by atoms with E-state index in [1.807, 2.05) is 32.9 Å². The van der Waals surface area contributed by atoms with Gasteiger partial charge in [0.2, 0.25) is 11.8 Å². The smallest absolute Gasteiger partial charge is 0.248 e. The lowest BCUT2D eigenvalue weighted by Gasteiger charge is -2.34. The summed E-state index contributed by atoms with van der Waals surface area (Å²) in [6.07, 6.45) is 1.19. The fraction of sp³-hybridized carbons (Fsp3) is 0.500. The predicted molar refractivity (Wildman–Crippen MR) is 109 cm³/mol. The number of nitrogens with one attached hydrogen (secondary N) is 1. The number of aromatic nitrogens is 3. The number of benzene rings is 1. The van der Waals surface area contributed by atoms with E-state index in [-0.39, 0.29) is 24.8 Å². The monoisotopic (exact) mass is 419 g/mol. The molecule has 2 heterocycles. The van der Waals surface area contributed by atoms with Crippen molar-refractivity contribution in [3.8, 4) is 11.3 Å². The SMILES string of the molecule is CNC(=O)[C@@H]1C[C@@H](O)CN1C(=O)[C@@H](n1cc(-c2cccc(Cl)c2)nn1)C(C)(C)C. The van der Waals surface area contributed by atoms with Gasteiger partial charge in [-0.15, -0.1) is 5.10 Å². The summed E-state index contributed by atoms with van der Waals surface area (Å²) < 4.78 is 1.53. The number of nitrogens with zero attached hydrogens (tertiary/aromatic N) is 4. The van der Waals surface area contributed by atoms with E-state index in [0.717, 1.165) is 5.56 Å². The average Bonchev–Trinajstić information content (AvgIpc) is 3.27. The van der Waals surface area contributed by atoms with Crippen molar-refractivity contribution in [1.29, 1.82) is 0 Å². The first kappa shape index (κ1) is 21.3. The summed E-state index contributed by atoms with van der Waals surface area (Å²) in [6.45, 7) is 5.90. The number of hydrogen-bond acceptors (Lipinski definition) is 5. The largest absolute Gasteiger partial charge is 0.391 e. The summed E-state index contributed by atoms with van der Waals surface area (Å²) in [4.78, 5) is 27.2. The molecule has 0 radical (unpaired) electrons. The van der Waals surface area contributed by atoms with Crippen LogP contribution in [0.15, 0.2) is 30.5 Å². The number of halogens is 1. The van der Waals surface area contributed by atoms with Crippen molar-refractivity contribution in [1.82, 2.24) is 25.2 Å². The van der Waals surface area contributed by atoms with Crippen molar-refractivity contribution in [2.24, 2.45) is 5.41 Å². The standard InChI is InChI=1S/C20H26ClN5O3/c1-20(2,3)17(19(29)25-10-14(27)9-16(25)18(28)22-4)26-11-15(23-24-26)12-6-5-7-13(21)8-12/h5-8,11,14,16-17,27H,9-10H2,1-4H3,(H,22,28)/t14-,16+,17-/m1/s1. The number of carbonyl (C=O) groups is 2. The molecule has 1 aromatic heterocycles. The van der Waals surface area contributed by atoms with E-state index in [0.29, 0.717) is 10.7 Å². The normalized spacial score (nSPS) is 20.6. The lowest BCUT2D eigenvalue weighted by Crippen LogP contribution is -2.49. The summed E-state index contributed by atoms with van der Waals surface area (Å²) in [5.74, 6) is -0.564. The molecule has 1 aliphatic heterocycles. The van der Waals surface area contributed by atoms with Crippen LogP contribution in [0, 0.1) is 5.41 Å². The van der Waals surface area contributed by atoms with Gasteiger partial charge >= 0.3 is 0 Å². The number of β-amino-alcohol motifs (C(OH)–C–C–N with tert-alkyl or cyclic N) is 1. The van der Waals surface area contributed by atoms with E-state index in [9.17, 15) is 14.7 Å². The van der Waals surface area contributed by atoms with Crippen molar-refractivity contribution in [3.05, 3.63) is 35.5 Å². The van der Waals surface area contributed by atoms with Gasteiger partial charge in [0.15, 0.2) is 0 Å². The number of aliphatic hydroxyl groups excluding tert-OH is 1. The number of aliphatic hydroxyl groups is 1. The fourth-order valence-corrected chi connectivity index (χ4v) is 3.88. The maximum Gasteiger partial charge on any atom is 0.248 e. The van der Waals surface area contributed by atoms with Crippen LogP contribution in [-0.4, -0.2) is 62.6 Å². The predicted octanol–water partition coefficient (Wildman–Crippen LogP) is 1.89. The Hall–Kier alpha value is -2.45. The van der Waals surface area contributed by atoms with Crippen LogP contribution in [0.1, 0.15) is 33.2 Å². The van der Waals surface area contributed by atoms with Gasteiger partial charge in [0.25, 0.3) is 0 Å². The molecule has 0 spiro atoms. The van der Waals surface area contributed by atoms with Crippen molar-refractivity contribution in [3.63, 3.8) is 0 Å². The van der Waals surface area contributed by atoms with E-state index >= 15 is 0 Å².